The smallest absolute Gasteiger partial charge is 0.301 e. The van der Waals surface area contributed by atoms with E-state index in [1.165, 1.54) is 7.05 Å². The van der Waals surface area contributed by atoms with Crippen LogP contribution >= 0.6 is 0 Å². The Labute approximate surface area is 225 Å². The Balaban J connectivity index is 1.41. The molecule has 206 valence electrons. The molecular formula is C26H29FN6O5S. The first kappa shape index (κ1) is 27.2. The fourth-order valence-corrected chi connectivity index (χ4v) is 5.91. The number of piperidine rings is 1. The molecule has 0 amide bonds. The molecule has 1 atom stereocenters. The molecule has 0 radical (unpaired) electrons. The van der Waals surface area contributed by atoms with Gasteiger partial charge in [-0.25, -0.2) is 9.37 Å². The summed E-state index contributed by atoms with van der Waals surface area (Å²) in [5, 5.41) is 22.2. The number of hydrogen-bond donors (Lipinski definition) is 3. The molecule has 5 rings (SSSR count). The van der Waals surface area contributed by atoms with Gasteiger partial charge in [0.15, 0.2) is 11.6 Å². The van der Waals surface area contributed by atoms with Crippen molar-refractivity contribution < 1.29 is 27.4 Å². The lowest BCUT2D eigenvalue weighted by molar-refractivity contribution is -0.0193. The molecule has 2 saturated heterocycles. The lowest BCUT2D eigenvalue weighted by Crippen LogP contribution is -2.41. The Kier molecular flexibility index (Phi) is 7.66. The molecule has 1 spiro atoms. The van der Waals surface area contributed by atoms with Crippen LogP contribution < -0.4 is 14.8 Å². The Morgan fingerprint density at radius 2 is 2.10 bits per heavy atom. The van der Waals surface area contributed by atoms with Crippen molar-refractivity contribution in [2.45, 2.75) is 30.8 Å². The molecule has 2 fully saturated rings. The number of benzene rings is 2. The van der Waals surface area contributed by atoms with Crippen molar-refractivity contribution >= 4 is 26.9 Å². The fourth-order valence-electron chi connectivity index (χ4n) is 4.98. The van der Waals surface area contributed by atoms with Crippen molar-refractivity contribution in [1.29, 1.82) is 5.26 Å². The fraction of sp³-hybridized carbons (Fsp3) is 0.423. The number of nitrogens with zero attached hydrogens (tertiary/aromatic N) is 4. The van der Waals surface area contributed by atoms with Gasteiger partial charge in [-0.3, -0.25) is 9.71 Å². The summed E-state index contributed by atoms with van der Waals surface area (Å²) in [6, 6.07) is 8.84. The van der Waals surface area contributed by atoms with E-state index in [9.17, 15) is 18.1 Å². The van der Waals surface area contributed by atoms with Gasteiger partial charge in [-0.2, -0.15) is 18.0 Å². The maximum Gasteiger partial charge on any atom is 0.301 e. The van der Waals surface area contributed by atoms with Crippen LogP contribution in [0.2, 0.25) is 0 Å². The van der Waals surface area contributed by atoms with Crippen LogP contribution in [-0.2, 0) is 14.9 Å². The molecule has 0 aliphatic carbocycles. The van der Waals surface area contributed by atoms with E-state index in [2.05, 4.69) is 15.0 Å². The Morgan fingerprint density at radius 1 is 1.31 bits per heavy atom. The summed E-state index contributed by atoms with van der Waals surface area (Å²) in [5.41, 5.74) is 1.36. The third-order valence-electron chi connectivity index (χ3n) is 7.18. The van der Waals surface area contributed by atoms with Crippen LogP contribution in [0.25, 0.3) is 11.0 Å². The SMILES string of the molecule is CN(CCO)S(=O)(=O)Nc1ccc(F)c(Oc2ccc3ncc(C4COC5(CCNCC5)C4)nc3c2)c1C#N. The number of rotatable bonds is 8. The number of nitrogens with one attached hydrogen (secondary N) is 2. The van der Waals surface area contributed by atoms with Crippen molar-refractivity contribution in [3.63, 3.8) is 0 Å². The second kappa shape index (κ2) is 11.0. The van der Waals surface area contributed by atoms with E-state index in [1.807, 2.05) is 6.07 Å². The molecule has 2 aliphatic rings. The van der Waals surface area contributed by atoms with Crippen LogP contribution in [-0.4, -0.2) is 73.3 Å². The standard InChI is InChI=1S/C26H29FN6O5S/c1-33(10-11-34)39(35,36)32-21-5-3-20(27)25(19(21)14-28)38-18-2-4-22-23(12-18)31-24(15-30-22)17-13-26(37-16-17)6-8-29-9-7-26/h2-5,12,15,17,29,32,34H,6-11,13,16H2,1H3. The van der Waals surface area contributed by atoms with Gasteiger partial charge in [-0.15, -0.1) is 0 Å². The number of likely N-dealkylation sites (N-methyl/N-ethyl adjacent to an activating group) is 1. The summed E-state index contributed by atoms with van der Waals surface area (Å²) in [4.78, 5) is 9.32. The second-order valence-electron chi connectivity index (χ2n) is 9.76. The first-order chi connectivity index (χ1) is 18.7. The van der Waals surface area contributed by atoms with E-state index in [1.54, 1.807) is 24.4 Å². The highest BCUT2D eigenvalue weighted by Gasteiger charge is 2.42. The van der Waals surface area contributed by atoms with Gasteiger partial charge in [-0.1, -0.05) is 0 Å². The number of aromatic nitrogens is 2. The molecule has 13 heteroatoms. The quantitative estimate of drug-likeness (QED) is 0.381. The first-order valence-electron chi connectivity index (χ1n) is 12.6. The summed E-state index contributed by atoms with van der Waals surface area (Å²) < 4.78 is 55.0. The number of halogens is 1. The van der Waals surface area contributed by atoms with E-state index < -0.39 is 21.8 Å². The van der Waals surface area contributed by atoms with Crippen LogP contribution in [0.3, 0.4) is 0 Å². The van der Waals surface area contributed by atoms with Gasteiger partial charge in [-0.05, 0) is 56.6 Å². The number of fused-ring (bicyclic) bond motifs is 1. The number of aliphatic hydroxyl groups is 1. The minimum Gasteiger partial charge on any atom is -0.453 e. The maximum atomic E-state index is 14.8. The molecule has 0 saturated carbocycles. The van der Waals surface area contributed by atoms with Crippen molar-refractivity contribution in [2.24, 2.45) is 0 Å². The molecule has 11 nitrogen and oxygen atoms in total. The summed E-state index contributed by atoms with van der Waals surface area (Å²) in [6.07, 6.45) is 4.55. The van der Waals surface area contributed by atoms with Crippen LogP contribution in [0, 0.1) is 17.1 Å². The summed E-state index contributed by atoms with van der Waals surface area (Å²) in [7, 11) is -2.84. The van der Waals surface area contributed by atoms with Gasteiger partial charge >= 0.3 is 10.2 Å². The summed E-state index contributed by atoms with van der Waals surface area (Å²) in [6.45, 7) is 1.88. The van der Waals surface area contributed by atoms with Crippen molar-refractivity contribution in [1.82, 2.24) is 19.6 Å². The maximum absolute atomic E-state index is 14.8. The van der Waals surface area contributed by atoms with E-state index >= 15 is 0 Å². The molecule has 2 aromatic carbocycles. The number of anilines is 1. The zero-order valence-electron chi connectivity index (χ0n) is 21.4. The van der Waals surface area contributed by atoms with E-state index in [4.69, 9.17) is 19.6 Å². The molecule has 1 aromatic heterocycles. The third kappa shape index (κ3) is 5.66. The molecule has 39 heavy (non-hydrogen) atoms. The highest BCUT2D eigenvalue weighted by molar-refractivity contribution is 7.90. The number of aliphatic hydroxyl groups excluding tert-OH is 1. The average molecular weight is 557 g/mol. The van der Waals surface area contributed by atoms with Gasteiger partial charge in [0.25, 0.3) is 0 Å². The monoisotopic (exact) mass is 556 g/mol. The predicted molar refractivity (Wildman–Crippen MR) is 141 cm³/mol. The van der Waals surface area contributed by atoms with Crippen LogP contribution in [0.4, 0.5) is 10.1 Å². The highest BCUT2D eigenvalue weighted by atomic mass is 32.2. The van der Waals surface area contributed by atoms with Crippen molar-refractivity contribution in [2.75, 3.05) is 44.6 Å². The summed E-state index contributed by atoms with van der Waals surface area (Å²) in [5.74, 6) is -0.948. The Morgan fingerprint density at radius 3 is 2.85 bits per heavy atom. The minimum absolute atomic E-state index is 0.112. The topological polar surface area (TPSA) is 150 Å². The lowest BCUT2D eigenvalue weighted by Gasteiger charge is -2.32. The van der Waals surface area contributed by atoms with Gasteiger partial charge in [0, 0.05) is 31.8 Å². The highest BCUT2D eigenvalue weighted by Crippen LogP contribution is 2.41. The first-order valence-corrected chi connectivity index (χ1v) is 14.0. The number of ether oxygens (including phenoxy) is 2. The molecule has 3 N–H and O–H groups in total. The normalized spacial score (nSPS) is 18.9. The number of nitriles is 1. The zero-order chi connectivity index (χ0) is 27.6. The molecule has 1 unspecified atom stereocenters. The van der Waals surface area contributed by atoms with E-state index in [0.29, 0.717) is 17.6 Å². The summed E-state index contributed by atoms with van der Waals surface area (Å²) >= 11 is 0. The van der Waals surface area contributed by atoms with Gasteiger partial charge < -0.3 is 19.9 Å². The molecule has 0 bridgehead atoms. The van der Waals surface area contributed by atoms with Crippen molar-refractivity contribution in [3.8, 4) is 17.6 Å². The van der Waals surface area contributed by atoms with Gasteiger partial charge in [0.2, 0.25) is 0 Å². The second-order valence-corrected chi connectivity index (χ2v) is 11.5. The average Bonchev–Trinajstić information content (AvgIpc) is 3.33. The lowest BCUT2D eigenvalue weighted by atomic mass is 9.85. The predicted octanol–water partition coefficient (Wildman–Crippen LogP) is 2.64. The Bertz CT molecular complexity index is 1520. The van der Waals surface area contributed by atoms with Gasteiger partial charge in [0.05, 0.1) is 41.2 Å². The molecule has 3 heterocycles. The van der Waals surface area contributed by atoms with Crippen molar-refractivity contribution in [3.05, 3.63) is 53.6 Å². The Hall–Kier alpha value is -3.41. The van der Waals surface area contributed by atoms with E-state index in [0.717, 1.165) is 54.5 Å². The molecular weight excluding hydrogens is 527 g/mol. The third-order valence-corrected chi connectivity index (χ3v) is 8.66. The van der Waals surface area contributed by atoms with Crippen LogP contribution in [0.15, 0.2) is 36.5 Å². The largest absolute Gasteiger partial charge is 0.453 e. The molecule has 3 aromatic rings. The van der Waals surface area contributed by atoms with Gasteiger partial charge in [0.1, 0.15) is 17.4 Å². The molecule has 2 aliphatic heterocycles. The van der Waals surface area contributed by atoms with Crippen LogP contribution in [0.5, 0.6) is 11.5 Å². The zero-order valence-corrected chi connectivity index (χ0v) is 22.2. The van der Waals surface area contributed by atoms with Crippen LogP contribution in [0.1, 0.15) is 36.4 Å². The number of hydrogen-bond acceptors (Lipinski definition) is 9. The minimum atomic E-state index is -4.10. The van der Waals surface area contributed by atoms with E-state index in [-0.39, 0.29) is 41.7 Å².